The lowest BCUT2D eigenvalue weighted by Gasteiger charge is -2.30. The highest BCUT2D eigenvalue weighted by molar-refractivity contribution is 7.92. The molecule has 1 aliphatic heterocycles. The summed E-state index contributed by atoms with van der Waals surface area (Å²) in [7, 11) is -2.41. The topological polar surface area (TPSA) is 97.0 Å². The number of rotatable bonds is 7. The molecule has 1 fully saturated rings. The molecule has 0 bridgehead atoms. The molecule has 0 aromatic heterocycles. The number of amides is 1. The van der Waals surface area contributed by atoms with E-state index in [1.54, 1.807) is 37.3 Å². The minimum Gasteiger partial charge on any atom is -0.495 e. The van der Waals surface area contributed by atoms with E-state index in [9.17, 15) is 13.2 Å². The first-order chi connectivity index (χ1) is 13.9. The number of sulfonamides is 1. The minimum atomic E-state index is -3.88. The van der Waals surface area contributed by atoms with Gasteiger partial charge < -0.3 is 19.7 Å². The van der Waals surface area contributed by atoms with Gasteiger partial charge in [0.1, 0.15) is 5.75 Å². The summed E-state index contributed by atoms with van der Waals surface area (Å²) in [5, 5.41) is 2.82. The molecule has 29 heavy (non-hydrogen) atoms. The van der Waals surface area contributed by atoms with Crippen LogP contribution in [-0.2, 0) is 19.6 Å². The predicted molar refractivity (Wildman–Crippen MR) is 112 cm³/mol. The maximum Gasteiger partial charge on any atom is 0.262 e. The van der Waals surface area contributed by atoms with Crippen molar-refractivity contribution >= 4 is 33.0 Å². The van der Waals surface area contributed by atoms with Crippen molar-refractivity contribution in [2.45, 2.75) is 18.2 Å². The van der Waals surface area contributed by atoms with Gasteiger partial charge in [0.05, 0.1) is 42.3 Å². The van der Waals surface area contributed by atoms with Crippen molar-refractivity contribution in [2.24, 2.45) is 0 Å². The number of ether oxygens (including phenoxy) is 2. The van der Waals surface area contributed by atoms with E-state index in [1.807, 2.05) is 0 Å². The molecule has 0 saturated carbocycles. The summed E-state index contributed by atoms with van der Waals surface area (Å²) in [5.74, 6) is 0.229. The normalized spacial score (nSPS) is 14.3. The zero-order valence-corrected chi connectivity index (χ0v) is 17.3. The van der Waals surface area contributed by atoms with Gasteiger partial charge >= 0.3 is 0 Å². The number of hydrogen-bond donors (Lipinski definition) is 2. The number of para-hydroxylation sites is 2. The zero-order chi connectivity index (χ0) is 20.9. The summed E-state index contributed by atoms with van der Waals surface area (Å²) in [6.45, 7) is 4.24. The van der Waals surface area contributed by atoms with E-state index in [2.05, 4.69) is 14.9 Å². The number of morpholine rings is 1. The van der Waals surface area contributed by atoms with Crippen molar-refractivity contribution in [1.82, 2.24) is 0 Å². The highest BCUT2D eigenvalue weighted by atomic mass is 32.2. The minimum absolute atomic E-state index is 0.0480. The molecule has 0 unspecified atom stereocenters. The fourth-order valence-electron chi connectivity index (χ4n) is 3.03. The first-order valence-electron chi connectivity index (χ1n) is 9.37. The Balaban J connectivity index is 1.95. The van der Waals surface area contributed by atoms with Gasteiger partial charge in [-0.25, -0.2) is 8.42 Å². The lowest BCUT2D eigenvalue weighted by atomic mass is 10.2. The lowest BCUT2D eigenvalue weighted by molar-refractivity contribution is -0.115. The second kappa shape index (κ2) is 9.15. The second-order valence-electron chi connectivity index (χ2n) is 6.49. The van der Waals surface area contributed by atoms with Crippen LogP contribution in [0, 0.1) is 0 Å². The molecular weight excluding hydrogens is 394 g/mol. The molecular formula is C20H25N3O5S. The molecule has 0 spiro atoms. The largest absolute Gasteiger partial charge is 0.495 e. The summed E-state index contributed by atoms with van der Waals surface area (Å²) < 4.78 is 39.0. The van der Waals surface area contributed by atoms with Gasteiger partial charge in [0, 0.05) is 19.5 Å². The lowest BCUT2D eigenvalue weighted by Crippen LogP contribution is -2.36. The van der Waals surface area contributed by atoms with E-state index in [4.69, 9.17) is 9.47 Å². The van der Waals surface area contributed by atoms with E-state index in [-0.39, 0.29) is 10.8 Å². The van der Waals surface area contributed by atoms with Crippen molar-refractivity contribution in [1.29, 1.82) is 0 Å². The van der Waals surface area contributed by atoms with Crippen LogP contribution in [0.15, 0.2) is 47.4 Å². The Morgan fingerprint density at radius 2 is 1.86 bits per heavy atom. The number of carbonyl (C=O) groups is 1. The fourth-order valence-corrected chi connectivity index (χ4v) is 4.13. The highest BCUT2D eigenvalue weighted by Crippen LogP contribution is 2.32. The van der Waals surface area contributed by atoms with Crippen LogP contribution >= 0.6 is 0 Å². The quantitative estimate of drug-likeness (QED) is 0.716. The number of nitrogens with one attached hydrogen (secondary N) is 2. The Kier molecular flexibility index (Phi) is 6.60. The Hall–Kier alpha value is -2.78. The fraction of sp³-hybridized carbons (Fsp3) is 0.350. The van der Waals surface area contributed by atoms with Gasteiger partial charge in [0.15, 0.2) is 0 Å². The maximum atomic E-state index is 13.0. The van der Waals surface area contributed by atoms with Crippen LogP contribution in [0.2, 0.25) is 0 Å². The number of anilines is 3. The zero-order valence-electron chi connectivity index (χ0n) is 16.5. The molecule has 9 heteroatoms. The van der Waals surface area contributed by atoms with Crippen LogP contribution < -0.4 is 19.7 Å². The van der Waals surface area contributed by atoms with Crippen LogP contribution in [0.5, 0.6) is 5.75 Å². The number of carbonyl (C=O) groups excluding carboxylic acids is 1. The Bertz CT molecular complexity index is 972. The van der Waals surface area contributed by atoms with Crippen molar-refractivity contribution in [3.05, 3.63) is 42.5 Å². The molecule has 2 aromatic rings. The molecule has 3 rings (SSSR count). The van der Waals surface area contributed by atoms with Crippen molar-refractivity contribution < 1.29 is 22.7 Å². The van der Waals surface area contributed by atoms with Gasteiger partial charge in [-0.1, -0.05) is 19.1 Å². The molecule has 0 atom stereocenters. The van der Waals surface area contributed by atoms with Crippen LogP contribution in [0.25, 0.3) is 0 Å². The van der Waals surface area contributed by atoms with Gasteiger partial charge in [-0.3, -0.25) is 9.52 Å². The molecule has 1 heterocycles. The van der Waals surface area contributed by atoms with Gasteiger partial charge in [0.25, 0.3) is 10.0 Å². The first-order valence-corrected chi connectivity index (χ1v) is 10.9. The van der Waals surface area contributed by atoms with Gasteiger partial charge in [-0.15, -0.1) is 0 Å². The average molecular weight is 420 g/mol. The van der Waals surface area contributed by atoms with E-state index >= 15 is 0 Å². The van der Waals surface area contributed by atoms with Crippen LogP contribution in [-0.4, -0.2) is 47.7 Å². The Morgan fingerprint density at radius 1 is 1.14 bits per heavy atom. The molecule has 1 saturated heterocycles. The van der Waals surface area contributed by atoms with Gasteiger partial charge in [-0.2, -0.15) is 0 Å². The molecule has 8 nitrogen and oxygen atoms in total. The third-order valence-corrected chi connectivity index (χ3v) is 5.94. The van der Waals surface area contributed by atoms with Crippen molar-refractivity contribution in [3.8, 4) is 5.75 Å². The molecule has 156 valence electrons. The maximum absolute atomic E-state index is 13.0. The summed E-state index contributed by atoms with van der Waals surface area (Å²) in [6, 6.07) is 11.5. The van der Waals surface area contributed by atoms with Crippen LogP contribution in [0.3, 0.4) is 0 Å². The summed E-state index contributed by atoms with van der Waals surface area (Å²) >= 11 is 0. The molecule has 1 amide bonds. The smallest absolute Gasteiger partial charge is 0.262 e. The van der Waals surface area contributed by atoms with Gasteiger partial charge in [0.2, 0.25) is 5.91 Å². The Morgan fingerprint density at radius 3 is 2.55 bits per heavy atom. The highest BCUT2D eigenvalue weighted by Gasteiger charge is 2.21. The van der Waals surface area contributed by atoms with E-state index < -0.39 is 10.0 Å². The Labute approximate surface area is 170 Å². The number of hydrogen-bond acceptors (Lipinski definition) is 6. The third-order valence-electron chi connectivity index (χ3n) is 4.58. The summed E-state index contributed by atoms with van der Waals surface area (Å²) in [4.78, 5) is 14.1. The third kappa shape index (κ3) is 4.99. The SMILES string of the molecule is CCC(=O)Nc1cc(S(=O)(=O)Nc2ccccc2OC)ccc1N1CCOCC1. The molecule has 0 aliphatic carbocycles. The molecule has 0 radical (unpaired) electrons. The van der Waals surface area contributed by atoms with Crippen molar-refractivity contribution in [3.63, 3.8) is 0 Å². The van der Waals surface area contributed by atoms with Gasteiger partial charge in [-0.05, 0) is 30.3 Å². The first kappa shape index (κ1) is 20.9. The average Bonchev–Trinajstić information content (AvgIpc) is 2.74. The van der Waals surface area contributed by atoms with E-state index in [0.29, 0.717) is 49.8 Å². The molecule has 1 aliphatic rings. The monoisotopic (exact) mass is 419 g/mol. The second-order valence-corrected chi connectivity index (χ2v) is 8.17. The number of benzene rings is 2. The molecule has 2 N–H and O–H groups in total. The molecule has 2 aromatic carbocycles. The predicted octanol–water partition coefficient (Wildman–Crippen LogP) is 2.68. The standard InChI is InChI=1S/C20H25N3O5S/c1-3-20(24)21-17-14-15(8-9-18(17)23-10-12-28-13-11-23)29(25,26)22-16-6-4-5-7-19(16)27-2/h4-9,14,22H,3,10-13H2,1-2H3,(H,21,24). The van der Waals surface area contributed by atoms with Crippen molar-refractivity contribution in [2.75, 3.05) is 48.4 Å². The summed E-state index contributed by atoms with van der Waals surface area (Å²) in [5.41, 5.74) is 1.57. The van der Waals surface area contributed by atoms with E-state index in [1.165, 1.54) is 19.2 Å². The summed E-state index contributed by atoms with van der Waals surface area (Å²) in [6.07, 6.45) is 0.291. The number of nitrogens with zero attached hydrogens (tertiary/aromatic N) is 1. The van der Waals surface area contributed by atoms with E-state index in [0.717, 1.165) is 5.69 Å². The van der Waals surface area contributed by atoms with Crippen LogP contribution in [0.1, 0.15) is 13.3 Å². The van der Waals surface area contributed by atoms with Crippen LogP contribution in [0.4, 0.5) is 17.1 Å². The number of methoxy groups -OCH3 is 1.